The van der Waals surface area contributed by atoms with Gasteiger partial charge in [0.25, 0.3) is 5.56 Å². The highest BCUT2D eigenvalue weighted by atomic mass is 16.5. The molecular weight excluding hydrogens is 268 g/mol. The normalized spacial score (nSPS) is 10.7. The lowest BCUT2D eigenvalue weighted by molar-refractivity contribution is 0.318. The van der Waals surface area contributed by atoms with Gasteiger partial charge in [-0.15, -0.1) is 0 Å². The van der Waals surface area contributed by atoms with Crippen molar-refractivity contribution in [1.82, 2.24) is 19.9 Å². The molecule has 0 fully saturated rings. The van der Waals surface area contributed by atoms with E-state index in [0.29, 0.717) is 23.7 Å². The smallest absolute Gasteiger partial charge is 0.277 e. The highest BCUT2D eigenvalue weighted by molar-refractivity contribution is 5.75. The van der Waals surface area contributed by atoms with Gasteiger partial charge in [0.1, 0.15) is 23.4 Å². The van der Waals surface area contributed by atoms with Crippen molar-refractivity contribution in [2.75, 3.05) is 6.61 Å². The molecule has 1 aromatic carbocycles. The molecule has 2 heterocycles. The number of H-pyrrole nitrogens is 1. The molecule has 0 aliphatic carbocycles. The van der Waals surface area contributed by atoms with E-state index in [2.05, 4.69) is 19.9 Å². The number of nitrogens with one attached hydrogen (secondary N) is 1. The maximum atomic E-state index is 12.1. The molecule has 0 saturated heterocycles. The molecule has 0 aliphatic rings. The summed E-state index contributed by atoms with van der Waals surface area (Å²) in [5, 5.41) is 0. The molecule has 0 unspecified atom stereocenters. The Bertz CT molecular complexity index is 829. The second kappa shape index (κ2) is 5.70. The first kappa shape index (κ1) is 13.2. The van der Waals surface area contributed by atoms with E-state index >= 15 is 0 Å². The van der Waals surface area contributed by atoms with Crippen LogP contribution >= 0.6 is 0 Å². The average molecular weight is 282 g/mol. The maximum Gasteiger partial charge on any atom is 0.277 e. The first-order valence-corrected chi connectivity index (χ1v) is 6.72. The standard InChI is InChI=1S/C15H14N4O2/c1-2-7-21-12-6-4-3-5-10(12)14-18-11-8-16-9-17-13(11)15(20)19-14/h3-6,8-9H,2,7H2,1H3,(H,18,19,20). The van der Waals surface area contributed by atoms with Gasteiger partial charge in [-0.05, 0) is 18.6 Å². The van der Waals surface area contributed by atoms with Crippen LogP contribution < -0.4 is 10.3 Å². The van der Waals surface area contributed by atoms with Gasteiger partial charge in [0, 0.05) is 0 Å². The SMILES string of the molecule is CCCOc1ccccc1-c1nc2cncnc2c(=O)[nH]1. The Balaban J connectivity index is 2.14. The fraction of sp³-hybridized carbons (Fsp3) is 0.200. The molecule has 21 heavy (non-hydrogen) atoms. The molecule has 0 saturated carbocycles. The summed E-state index contributed by atoms with van der Waals surface area (Å²) < 4.78 is 5.70. The van der Waals surface area contributed by atoms with Crippen LogP contribution in [0.2, 0.25) is 0 Å². The zero-order valence-corrected chi connectivity index (χ0v) is 11.5. The van der Waals surface area contributed by atoms with Crippen molar-refractivity contribution in [1.29, 1.82) is 0 Å². The second-order valence-corrected chi connectivity index (χ2v) is 4.52. The molecule has 2 aromatic heterocycles. The van der Waals surface area contributed by atoms with E-state index in [1.807, 2.05) is 31.2 Å². The van der Waals surface area contributed by atoms with Gasteiger partial charge < -0.3 is 9.72 Å². The Morgan fingerprint density at radius 1 is 1.29 bits per heavy atom. The molecule has 3 rings (SSSR count). The number of fused-ring (bicyclic) bond motifs is 1. The number of ether oxygens (including phenoxy) is 1. The van der Waals surface area contributed by atoms with E-state index in [0.717, 1.165) is 12.0 Å². The predicted molar refractivity (Wildman–Crippen MR) is 79.2 cm³/mol. The van der Waals surface area contributed by atoms with E-state index in [1.165, 1.54) is 12.5 Å². The minimum atomic E-state index is -0.289. The Kier molecular flexibility index (Phi) is 3.59. The van der Waals surface area contributed by atoms with Gasteiger partial charge in [0.15, 0.2) is 5.52 Å². The summed E-state index contributed by atoms with van der Waals surface area (Å²) in [5.74, 6) is 1.15. The number of hydrogen-bond acceptors (Lipinski definition) is 5. The van der Waals surface area contributed by atoms with Gasteiger partial charge in [-0.25, -0.2) is 15.0 Å². The summed E-state index contributed by atoms with van der Waals surface area (Å²) >= 11 is 0. The zero-order chi connectivity index (χ0) is 14.7. The minimum absolute atomic E-state index is 0.278. The van der Waals surface area contributed by atoms with Gasteiger partial charge in [-0.1, -0.05) is 19.1 Å². The Hall–Kier alpha value is -2.76. The number of benzene rings is 1. The summed E-state index contributed by atoms with van der Waals surface area (Å²) in [6.07, 6.45) is 3.76. The molecule has 0 amide bonds. The topological polar surface area (TPSA) is 80.8 Å². The van der Waals surface area contributed by atoms with Crippen molar-refractivity contribution >= 4 is 11.0 Å². The molecule has 0 atom stereocenters. The monoisotopic (exact) mass is 282 g/mol. The number of para-hydroxylation sites is 1. The van der Waals surface area contributed by atoms with Crippen LogP contribution in [0.5, 0.6) is 5.75 Å². The summed E-state index contributed by atoms with van der Waals surface area (Å²) in [4.78, 5) is 27.1. The Morgan fingerprint density at radius 2 is 2.14 bits per heavy atom. The molecule has 106 valence electrons. The van der Waals surface area contributed by atoms with Crippen LogP contribution in [-0.2, 0) is 0 Å². The number of aromatic nitrogens is 4. The van der Waals surface area contributed by atoms with E-state index in [-0.39, 0.29) is 11.1 Å². The van der Waals surface area contributed by atoms with Crippen molar-refractivity contribution in [3.63, 3.8) is 0 Å². The fourth-order valence-electron chi connectivity index (χ4n) is 2.02. The van der Waals surface area contributed by atoms with Crippen LogP contribution in [0.25, 0.3) is 22.4 Å². The van der Waals surface area contributed by atoms with Gasteiger partial charge in [0.05, 0.1) is 18.4 Å². The maximum absolute atomic E-state index is 12.1. The van der Waals surface area contributed by atoms with Crippen molar-refractivity contribution in [3.8, 4) is 17.1 Å². The molecule has 0 bridgehead atoms. The third kappa shape index (κ3) is 2.60. The average Bonchev–Trinajstić information content (AvgIpc) is 2.53. The highest BCUT2D eigenvalue weighted by Gasteiger charge is 2.11. The highest BCUT2D eigenvalue weighted by Crippen LogP contribution is 2.27. The number of hydrogen-bond donors (Lipinski definition) is 1. The van der Waals surface area contributed by atoms with Gasteiger partial charge in [-0.3, -0.25) is 4.79 Å². The van der Waals surface area contributed by atoms with E-state index in [1.54, 1.807) is 0 Å². The van der Waals surface area contributed by atoms with Crippen molar-refractivity contribution in [2.45, 2.75) is 13.3 Å². The second-order valence-electron chi connectivity index (χ2n) is 4.52. The molecule has 0 aliphatic heterocycles. The number of rotatable bonds is 4. The van der Waals surface area contributed by atoms with Crippen LogP contribution in [0.1, 0.15) is 13.3 Å². The minimum Gasteiger partial charge on any atom is -0.493 e. The third-order valence-electron chi connectivity index (χ3n) is 2.98. The van der Waals surface area contributed by atoms with E-state index in [4.69, 9.17) is 4.74 Å². The quantitative estimate of drug-likeness (QED) is 0.793. The number of aromatic amines is 1. The van der Waals surface area contributed by atoms with Gasteiger partial charge >= 0.3 is 0 Å². The first-order chi connectivity index (χ1) is 10.3. The van der Waals surface area contributed by atoms with Crippen LogP contribution in [0.3, 0.4) is 0 Å². The predicted octanol–water partition coefficient (Wildman–Crippen LogP) is 2.17. The first-order valence-electron chi connectivity index (χ1n) is 6.72. The lowest BCUT2D eigenvalue weighted by Gasteiger charge is -2.10. The van der Waals surface area contributed by atoms with Crippen LogP contribution in [0, 0.1) is 0 Å². The van der Waals surface area contributed by atoms with Crippen molar-refractivity contribution < 1.29 is 4.74 Å². The molecular formula is C15H14N4O2. The van der Waals surface area contributed by atoms with Crippen LogP contribution in [0.15, 0.2) is 41.6 Å². The lowest BCUT2D eigenvalue weighted by atomic mass is 10.2. The largest absolute Gasteiger partial charge is 0.493 e. The molecule has 1 N–H and O–H groups in total. The molecule has 6 nitrogen and oxygen atoms in total. The summed E-state index contributed by atoms with van der Waals surface area (Å²) in [7, 11) is 0. The van der Waals surface area contributed by atoms with Gasteiger partial charge in [-0.2, -0.15) is 0 Å². The third-order valence-corrected chi connectivity index (χ3v) is 2.98. The lowest BCUT2D eigenvalue weighted by Crippen LogP contribution is -2.11. The Morgan fingerprint density at radius 3 is 3.00 bits per heavy atom. The van der Waals surface area contributed by atoms with Crippen molar-refractivity contribution in [2.24, 2.45) is 0 Å². The van der Waals surface area contributed by atoms with E-state index < -0.39 is 0 Å². The zero-order valence-electron chi connectivity index (χ0n) is 11.5. The molecule has 0 radical (unpaired) electrons. The Labute approximate surface area is 120 Å². The molecule has 3 aromatic rings. The molecule has 6 heteroatoms. The van der Waals surface area contributed by atoms with Crippen molar-refractivity contribution in [3.05, 3.63) is 47.1 Å². The summed E-state index contributed by atoms with van der Waals surface area (Å²) in [6.45, 7) is 2.65. The van der Waals surface area contributed by atoms with Crippen LogP contribution in [-0.4, -0.2) is 26.5 Å². The van der Waals surface area contributed by atoms with Crippen LogP contribution in [0.4, 0.5) is 0 Å². The number of nitrogens with zero attached hydrogens (tertiary/aromatic N) is 3. The summed E-state index contributed by atoms with van der Waals surface area (Å²) in [5.41, 5.74) is 1.19. The molecule has 0 spiro atoms. The van der Waals surface area contributed by atoms with E-state index in [9.17, 15) is 4.79 Å². The fourth-order valence-corrected chi connectivity index (χ4v) is 2.02. The summed E-state index contributed by atoms with van der Waals surface area (Å²) in [6, 6.07) is 7.48. The van der Waals surface area contributed by atoms with Gasteiger partial charge in [0.2, 0.25) is 0 Å².